The van der Waals surface area contributed by atoms with E-state index in [9.17, 15) is 0 Å². The highest BCUT2D eigenvalue weighted by atomic mass is 16.5. The monoisotopic (exact) mass is 346 g/mol. The number of nitrogens with two attached hydrogens (primary N) is 1. The molecular weight excluding hydrogens is 324 g/mol. The second kappa shape index (κ2) is 8.67. The summed E-state index contributed by atoms with van der Waals surface area (Å²) in [6.07, 6.45) is 2.70. The predicted molar refractivity (Wildman–Crippen MR) is 105 cm³/mol. The van der Waals surface area contributed by atoms with Crippen LogP contribution in [0.4, 0.5) is 5.82 Å². The molecule has 2 aromatic carbocycles. The first-order valence-corrected chi connectivity index (χ1v) is 8.42. The van der Waals surface area contributed by atoms with Crippen molar-refractivity contribution in [3.8, 4) is 5.75 Å². The molecule has 0 saturated carbocycles. The van der Waals surface area contributed by atoms with E-state index in [2.05, 4.69) is 27.4 Å². The van der Waals surface area contributed by atoms with Crippen molar-refractivity contribution < 1.29 is 4.74 Å². The molecule has 1 aromatic heterocycles. The van der Waals surface area contributed by atoms with Crippen molar-refractivity contribution >= 4 is 11.8 Å². The first-order valence-electron chi connectivity index (χ1n) is 8.42. The number of nitrogens with zero attached hydrogens (tertiary/aromatic N) is 2. The molecule has 0 spiro atoms. The molecule has 1 heterocycles. The highest BCUT2D eigenvalue weighted by Gasteiger charge is 2.02. The summed E-state index contributed by atoms with van der Waals surface area (Å²) in [5, 5.41) is 3.02. The molecule has 0 unspecified atom stereocenters. The zero-order chi connectivity index (χ0) is 18.2. The average Bonchev–Trinajstić information content (AvgIpc) is 2.69. The summed E-state index contributed by atoms with van der Waals surface area (Å²) in [4.78, 5) is 8.76. The van der Waals surface area contributed by atoms with E-state index < -0.39 is 0 Å². The Bertz CT molecular complexity index is 861. The molecule has 3 aromatic rings. The first-order chi connectivity index (χ1) is 12.7. The highest BCUT2D eigenvalue weighted by molar-refractivity contribution is 5.91. The summed E-state index contributed by atoms with van der Waals surface area (Å²) in [6, 6.07) is 22.0. The zero-order valence-electron chi connectivity index (χ0n) is 14.7. The third-order valence-electron chi connectivity index (χ3n) is 3.94. The number of aromatic nitrogens is 1. The molecule has 26 heavy (non-hydrogen) atoms. The molecule has 5 heteroatoms. The fourth-order valence-corrected chi connectivity index (χ4v) is 2.61. The summed E-state index contributed by atoms with van der Waals surface area (Å²) in [6.45, 7) is 0.439. The molecule has 0 bridgehead atoms. The number of methoxy groups -OCH3 is 1. The van der Waals surface area contributed by atoms with Crippen molar-refractivity contribution in [3.63, 3.8) is 0 Å². The molecule has 0 radical (unpaired) electrons. The van der Waals surface area contributed by atoms with Crippen LogP contribution >= 0.6 is 0 Å². The van der Waals surface area contributed by atoms with Crippen LogP contribution in [0.3, 0.4) is 0 Å². The highest BCUT2D eigenvalue weighted by Crippen LogP contribution is 2.18. The van der Waals surface area contributed by atoms with Crippen LogP contribution in [0.15, 0.2) is 77.9 Å². The van der Waals surface area contributed by atoms with Crippen LogP contribution in [0, 0.1) is 0 Å². The quantitative estimate of drug-likeness (QED) is 0.528. The SMILES string of the molecule is COc1ccccc1CN=C(N)Nc1ccc(Cc2ccccc2)cn1. The van der Waals surface area contributed by atoms with Gasteiger partial charge in [0.15, 0.2) is 5.96 Å². The van der Waals surface area contributed by atoms with Crippen molar-refractivity contribution in [3.05, 3.63) is 89.6 Å². The molecule has 3 N–H and O–H groups in total. The van der Waals surface area contributed by atoms with Gasteiger partial charge in [-0.2, -0.15) is 0 Å². The minimum atomic E-state index is 0.319. The fraction of sp³-hybridized carbons (Fsp3) is 0.143. The maximum Gasteiger partial charge on any atom is 0.194 e. The minimum absolute atomic E-state index is 0.319. The Morgan fingerprint density at radius 1 is 1.00 bits per heavy atom. The van der Waals surface area contributed by atoms with Crippen molar-refractivity contribution in [2.45, 2.75) is 13.0 Å². The van der Waals surface area contributed by atoms with Crippen LogP contribution < -0.4 is 15.8 Å². The number of pyridine rings is 1. The van der Waals surface area contributed by atoms with Gasteiger partial charge in [0.1, 0.15) is 11.6 Å². The van der Waals surface area contributed by atoms with E-state index >= 15 is 0 Å². The number of rotatable bonds is 6. The number of aliphatic imine (C=N–C) groups is 1. The molecule has 5 nitrogen and oxygen atoms in total. The number of ether oxygens (including phenoxy) is 1. The van der Waals surface area contributed by atoms with Crippen LogP contribution in [0.2, 0.25) is 0 Å². The van der Waals surface area contributed by atoms with Gasteiger partial charge in [0, 0.05) is 11.8 Å². The first kappa shape index (κ1) is 17.5. The molecule has 0 aliphatic carbocycles. The third kappa shape index (κ3) is 4.83. The number of guanidine groups is 1. The lowest BCUT2D eigenvalue weighted by atomic mass is 10.1. The van der Waals surface area contributed by atoms with Crippen molar-refractivity contribution in [1.29, 1.82) is 0 Å². The topological polar surface area (TPSA) is 72.5 Å². The van der Waals surface area contributed by atoms with E-state index in [1.165, 1.54) is 5.56 Å². The Kier molecular flexibility index (Phi) is 5.83. The van der Waals surface area contributed by atoms with Crippen LogP contribution in [0.25, 0.3) is 0 Å². The third-order valence-corrected chi connectivity index (χ3v) is 3.94. The molecule has 0 atom stereocenters. The van der Waals surface area contributed by atoms with Gasteiger partial charge < -0.3 is 15.8 Å². The standard InChI is InChI=1S/C21H22N4O/c1-26-19-10-6-5-9-18(19)15-24-21(22)25-20-12-11-17(14-23-20)13-16-7-3-2-4-8-16/h2-12,14H,13,15H2,1H3,(H3,22,23,24,25). The lowest BCUT2D eigenvalue weighted by Crippen LogP contribution is -2.23. The molecule has 0 fully saturated rings. The number of para-hydroxylation sites is 1. The summed E-state index contributed by atoms with van der Waals surface area (Å²) >= 11 is 0. The van der Waals surface area contributed by atoms with E-state index in [-0.39, 0.29) is 0 Å². The average molecular weight is 346 g/mol. The second-order valence-electron chi connectivity index (χ2n) is 5.85. The summed E-state index contributed by atoms with van der Waals surface area (Å²) in [5.74, 6) is 1.79. The summed E-state index contributed by atoms with van der Waals surface area (Å²) in [5.41, 5.74) is 9.34. The molecule has 0 amide bonds. The Morgan fingerprint density at radius 3 is 2.50 bits per heavy atom. The van der Waals surface area contributed by atoms with Gasteiger partial charge in [-0.05, 0) is 29.7 Å². The van der Waals surface area contributed by atoms with Gasteiger partial charge in [0.25, 0.3) is 0 Å². The van der Waals surface area contributed by atoms with E-state index in [1.54, 1.807) is 7.11 Å². The van der Waals surface area contributed by atoms with Crippen LogP contribution in [-0.4, -0.2) is 18.1 Å². The van der Waals surface area contributed by atoms with Crippen LogP contribution in [0.5, 0.6) is 5.75 Å². The second-order valence-corrected chi connectivity index (χ2v) is 5.85. The zero-order valence-corrected chi connectivity index (χ0v) is 14.7. The van der Waals surface area contributed by atoms with E-state index in [0.29, 0.717) is 18.3 Å². The predicted octanol–water partition coefficient (Wildman–Crippen LogP) is 3.61. The van der Waals surface area contributed by atoms with E-state index in [1.807, 2.05) is 60.8 Å². The van der Waals surface area contributed by atoms with Gasteiger partial charge in [-0.3, -0.25) is 0 Å². The molecule has 0 aliphatic rings. The van der Waals surface area contributed by atoms with Crippen molar-refractivity contribution in [1.82, 2.24) is 4.98 Å². The number of hydrogen-bond donors (Lipinski definition) is 2. The lowest BCUT2D eigenvalue weighted by Gasteiger charge is -2.08. The number of anilines is 1. The van der Waals surface area contributed by atoms with Crippen molar-refractivity contribution in [2.75, 3.05) is 12.4 Å². The van der Waals surface area contributed by atoms with Gasteiger partial charge in [-0.15, -0.1) is 0 Å². The largest absolute Gasteiger partial charge is 0.496 e. The smallest absolute Gasteiger partial charge is 0.194 e. The molecule has 0 aliphatic heterocycles. The Hall–Kier alpha value is -3.34. The van der Waals surface area contributed by atoms with Crippen molar-refractivity contribution in [2.24, 2.45) is 10.7 Å². The Morgan fingerprint density at radius 2 is 1.77 bits per heavy atom. The van der Waals surface area contributed by atoms with E-state index in [0.717, 1.165) is 23.3 Å². The fourth-order valence-electron chi connectivity index (χ4n) is 2.61. The number of benzene rings is 2. The number of hydrogen-bond acceptors (Lipinski definition) is 3. The Balaban J connectivity index is 1.59. The van der Waals surface area contributed by atoms with Gasteiger partial charge in [0.05, 0.1) is 13.7 Å². The molecule has 3 rings (SSSR count). The maximum atomic E-state index is 5.96. The van der Waals surface area contributed by atoms with Crippen LogP contribution in [-0.2, 0) is 13.0 Å². The summed E-state index contributed by atoms with van der Waals surface area (Å²) in [7, 11) is 1.64. The van der Waals surface area contributed by atoms with E-state index in [4.69, 9.17) is 10.5 Å². The lowest BCUT2D eigenvalue weighted by molar-refractivity contribution is 0.410. The van der Waals surface area contributed by atoms with Crippen LogP contribution in [0.1, 0.15) is 16.7 Å². The maximum absolute atomic E-state index is 5.96. The molecule has 132 valence electrons. The van der Waals surface area contributed by atoms with Gasteiger partial charge in [0.2, 0.25) is 0 Å². The normalized spacial score (nSPS) is 11.2. The minimum Gasteiger partial charge on any atom is -0.496 e. The molecule has 0 saturated heterocycles. The number of nitrogens with one attached hydrogen (secondary N) is 1. The van der Waals surface area contributed by atoms with Gasteiger partial charge in [-0.25, -0.2) is 9.98 Å². The Labute approximate surface area is 153 Å². The van der Waals surface area contributed by atoms with Gasteiger partial charge >= 0.3 is 0 Å². The molecular formula is C21H22N4O. The summed E-state index contributed by atoms with van der Waals surface area (Å²) < 4.78 is 5.32. The van der Waals surface area contributed by atoms with Gasteiger partial charge in [-0.1, -0.05) is 54.6 Å².